The third kappa shape index (κ3) is 4.45. The van der Waals surface area contributed by atoms with Crippen molar-refractivity contribution in [1.29, 1.82) is 0 Å². The number of anilines is 2. The number of amides is 1. The summed E-state index contributed by atoms with van der Waals surface area (Å²) < 4.78 is 0. The zero-order chi connectivity index (χ0) is 18.5. The summed E-state index contributed by atoms with van der Waals surface area (Å²) >= 11 is 0. The van der Waals surface area contributed by atoms with E-state index >= 15 is 0 Å². The molecular formula is C21H22N4O. The van der Waals surface area contributed by atoms with E-state index in [2.05, 4.69) is 21.4 Å². The standard InChI is InChI=1S/C21H22N4O/c1-15-9-16(2)11-18(10-15)24-20-12-19(22-14-23-20)21(26)25(3)13-17-7-5-4-6-8-17/h4-12,14H,13H2,1-3H3,(H,22,23,24). The van der Waals surface area contributed by atoms with Gasteiger partial charge in [0, 0.05) is 25.3 Å². The molecule has 0 fully saturated rings. The van der Waals surface area contributed by atoms with Crippen LogP contribution in [0.1, 0.15) is 27.2 Å². The van der Waals surface area contributed by atoms with Crippen molar-refractivity contribution in [3.8, 4) is 0 Å². The number of hydrogen-bond acceptors (Lipinski definition) is 4. The van der Waals surface area contributed by atoms with E-state index in [1.807, 2.05) is 56.3 Å². The SMILES string of the molecule is Cc1cc(C)cc(Nc2cc(C(=O)N(C)Cc3ccccc3)ncn2)c1. The summed E-state index contributed by atoms with van der Waals surface area (Å²) in [6.07, 6.45) is 1.41. The number of nitrogens with one attached hydrogen (secondary N) is 1. The molecular weight excluding hydrogens is 324 g/mol. The highest BCUT2D eigenvalue weighted by atomic mass is 16.2. The molecule has 0 radical (unpaired) electrons. The van der Waals surface area contributed by atoms with Gasteiger partial charge in [-0.3, -0.25) is 4.79 Å². The summed E-state index contributed by atoms with van der Waals surface area (Å²) in [5.41, 5.74) is 4.72. The van der Waals surface area contributed by atoms with E-state index in [-0.39, 0.29) is 5.91 Å². The van der Waals surface area contributed by atoms with Crippen molar-refractivity contribution in [2.75, 3.05) is 12.4 Å². The van der Waals surface area contributed by atoms with Crippen LogP contribution < -0.4 is 5.32 Å². The Morgan fingerprint density at radius 3 is 2.38 bits per heavy atom. The summed E-state index contributed by atoms with van der Waals surface area (Å²) in [4.78, 5) is 22.7. The lowest BCUT2D eigenvalue weighted by atomic mass is 10.1. The highest BCUT2D eigenvalue weighted by molar-refractivity contribution is 5.92. The van der Waals surface area contributed by atoms with Gasteiger partial charge in [0.15, 0.2) is 0 Å². The van der Waals surface area contributed by atoms with Gasteiger partial charge < -0.3 is 10.2 Å². The normalized spacial score (nSPS) is 10.4. The zero-order valence-corrected chi connectivity index (χ0v) is 15.2. The van der Waals surface area contributed by atoms with E-state index in [9.17, 15) is 4.79 Å². The maximum atomic E-state index is 12.7. The van der Waals surface area contributed by atoms with Gasteiger partial charge in [0.2, 0.25) is 0 Å². The molecule has 0 aliphatic heterocycles. The van der Waals surface area contributed by atoms with Crippen LogP contribution in [-0.4, -0.2) is 27.8 Å². The first-order valence-electron chi connectivity index (χ1n) is 8.48. The number of benzene rings is 2. The van der Waals surface area contributed by atoms with Crippen LogP contribution in [-0.2, 0) is 6.54 Å². The summed E-state index contributed by atoms with van der Waals surface area (Å²) in [5.74, 6) is 0.459. The Morgan fingerprint density at radius 2 is 1.69 bits per heavy atom. The monoisotopic (exact) mass is 346 g/mol. The Balaban J connectivity index is 1.74. The molecule has 1 heterocycles. The number of aryl methyl sites for hydroxylation is 2. The third-order valence-corrected chi connectivity index (χ3v) is 3.99. The van der Waals surface area contributed by atoms with Crippen LogP contribution in [0.25, 0.3) is 0 Å². The summed E-state index contributed by atoms with van der Waals surface area (Å²) in [5, 5.41) is 3.25. The van der Waals surface area contributed by atoms with E-state index in [0.29, 0.717) is 18.1 Å². The average Bonchev–Trinajstić information content (AvgIpc) is 2.61. The fraction of sp³-hybridized carbons (Fsp3) is 0.190. The van der Waals surface area contributed by atoms with Crippen molar-refractivity contribution in [1.82, 2.24) is 14.9 Å². The molecule has 1 amide bonds. The Kier molecular flexibility index (Phi) is 5.27. The molecule has 0 atom stereocenters. The van der Waals surface area contributed by atoms with Crippen molar-refractivity contribution in [3.63, 3.8) is 0 Å². The molecule has 0 saturated carbocycles. The molecule has 3 aromatic rings. The summed E-state index contributed by atoms with van der Waals surface area (Å²) in [6, 6.07) is 17.7. The minimum Gasteiger partial charge on any atom is -0.340 e. The Bertz CT molecular complexity index is 889. The molecule has 0 unspecified atom stereocenters. The second kappa shape index (κ2) is 7.78. The van der Waals surface area contributed by atoms with Gasteiger partial charge in [-0.2, -0.15) is 0 Å². The van der Waals surface area contributed by atoms with E-state index in [1.54, 1.807) is 18.0 Å². The highest BCUT2D eigenvalue weighted by Crippen LogP contribution is 2.18. The van der Waals surface area contributed by atoms with Gasteiger partial charge in [-0.15, -0.1) is 0 Å². The number of carbonyl (C=O) groups excluding carboxylic acids is 1. The fourth-order valence-corrected chi connectivity index (χ4v) is 2.86. The Hall–Kier alpha value is -3.21. The predicted octanol–water partition coefficient (Wildman–Crippen LogP) is 4.11. The number of nitrogens with zero attached hydrogens (tertiary/aromatic N) is 3. The van der Waals surface area contributed by atoms with Gasteiger partial charge in [-0.1, -0.05) is 36.4 Å². The van der Waals surface area contributed by atoms with Crippen LogP contribution in [0.5, 0.6) is 0 Å². The molecule has 2 aromatic carbocycles. The Labute approximate surface area is 153 Å². The average molecular weight is 346 g/mol. The number of aromatic nitrogens is 2. The van der Waals surface area contributed by atoms with E-state index in [0.717, 1.165) is 11.3 Å². The van der Waals surface area contributed by atoms with Gasteiger partial charge >= 0.3 is 0 Å². The van der Waals surface area contributed by atoms with Crippen molar-refractivity contribution in [2.45, 2.75) is 20.4 Å². The molecule has 0 saturated heterocycles. The first-order chi connectivity index (χ1) is 12.5. The van der Waals surface area contributed by atoms with Gasteiger partial charge in [0.05, 0.1) is 0 Å². The predicted molar refractivity (Wildman–Crippen MR) is 103 cm³/mol. The largest absolute Gasteiger partial charge is 0.340 e. The number of hydrogen-bond donors (Lipinski definition) is 1. The van der Waals surface area contributed by atoms with Crippen molar-refractivity contribution >= 4 is 17.4 Å². The summed E-state index contributed by atoms with van der Waals surface area (Å²) in [7, 11) is 1.77. The zero-order valence-electron chi connectivity index (χ0n) is 15.2. The lowest BCUT2D eigenvalue weighted by Crippen LogP contribution is -2.27. The fourth-order valence-electron chi connectivity index (χ4n) is 2.86. The highest BCUT2D eigenvalue weighted by Gasteiger charge is 2.14. The van der Waals surface area contributed by atoms with Crippen molar-refractivity contribution < 1.29 is 4.79 Å². The quantitative estimate of drug-likeness (QED) is 0.755. The number of carbonyl (C=O) groups is 1. The first-order valence-corrected chi connectivity index (χ1v) is 8.48. The van der Waals surface area contributed by atoms with Gasteiger partial charge in [-0.25, -0.2) is 9.97 Å². The van der Waals surface area contributed by atoms with E-state index in [4.69, 9.17) is 0 Å². The molecule has 0 aliphatic carbocycles. The van der Waals surface area contributed by atoms with Gasteiger partial charge in [-0.05, 0) is 42.7 Å². The van der Waals surface area contributed by atoms with Crippen LogP contribution in [0.4, 0.5) is 11.5 Å². The molecule has 26 heavy (non-hydrogen) atoms. The van der Waals surface area contributed by atoms with Gasteiger partial charge in [0.1, 0.15) is 17.8 Å². The molecule has 132 valence electrons. The number of rotatable bonds is 5. The summed E-state index contributed by atoms with van der Waals surface area (Å²) in [6.45, 7) is 4.63. The molecule has 1 aromatic heterocycles. The lowest BCUT2D eigenvalue weighted by molar-refractivity contribution is 0.0779. The molecule has 5 heteroatoms. The van der Waals surface area contributed by atoms with Gasteiger partial charge in [0.25, 0.3) is 5.91 Å². The van der Waals surface area contributed by atoms with Crippen molar-refractivity contribution in [2.24, 2.45) is 0 Å². The maximum Gasteiger partial charge on any atom is 0.272 e. The lowest BCUT2D eigenvalue weighted by Gasteiger charge is -2.17. The van der Waals surface area contributed by atoms with E-state index < -0.39 is 0 Å². The van der Waals surface area contributed by atoms with Crippen LogP contribution in [0.2, 0.25) is 0 Å². The molecule has 0 aliphatic rings. The molecule has 3 rings (SSSR count). The van der Waals surface area contributed by atoms with Crippen LogP contribution >= 0.6 is 0 Å². The third-order valence-electron chi connectivity index (χ3n) is 3.99. The second-order valence-electron chi connectivity index (χ2n) is 6.44. The van der Waals surface area contributed by atoms with Crippen molar-refractivity contribution in [3.05, 3.63) is 83.3 Å². The molecule has 0 bridgehead atoms. The topological polar surface area (TPSA) is 58.1 Å². The van der Waals surface area contributed by atoms with Crippen LogP contribution in [0.15, 0.2) is 60.9 Å². The van der Waals surface area contributed by atoms with Crippen LogP contribution in [0.3, 0.4) is 0 Å². The maximum absolute atomic E-state index is 12.7. The Morgan fingerprint density at radius 1 is 1.00 bits per heavy atom. The smallest absolute Gasteiger partial charge is 0.272 e. The molecule has 0 spiro atoms. The van der Waals surface area contributed by atoms with E-state index in [1.165, 1.54) is 17.5 Å². The van der Waals surface area contributed by atoms with Crippen LogP contribution in [0, 0.1) is 13.8 Å². The minimum absolute atomic E-state index is 0.139. The molecule has 1 N–H and O–H groups in total. The minimum atomic E-state index is -0.139. The second-order valence-corrected chi connectivity index (χ2v) is 6.44. The first kappa shape index (κ1) is 17.6. The molecule has 5 nitrogen and oxygen atoms in total.